The predicted molar refractivity (Wildman–Crippen MR) is 147 cm³/mol. The van der Waals surface area contributed by atoms with Crippen LogP contribution in [0.4, 0.5) is 4.79 Å². The molecule has 10 nitrogen and oxygen atoms in total. The summed E-state index contributed by atoms with van der Waals surface area (Å²) in [5, 5.41) is 9.12. The quantitative estimate of drug-likeness (QED) is 0.154. The standard InChI is InChI=1S/C24H36N4O6S3/c1-2-33-23(31)16-28-20(29)10-7-15-35-17-21(30)25-13-14-27-24(32)34-18-8-3-4-9-19(18)36-37-22-11-5-6-12-26-22/h5-6,11-12,18-19H,2-4,7-10,13-17H2,1H3,(H,25,30)(H,27,32)(H,28,29)/t18-,19-/m0/s1. The molecule has 0 unspecified atom stereocenters. The lowest BCUT2D eigenvalue weighted by atomic mass is 9.97. The molecular formula is C24H36N4O6S3. The van der Waals surface area contributed by atoms with E-state index in [1.165, 1.54) is 11.8 Å². The fourth-order valence-electron chi connectivity index (χ4n) is 3.38. The van der Waals surface area contributed by atoms with Crippen LogP contribution in [0, 0.1) is 0 Å². The molecule has 1 saturated carbocycles. The lowest BCUT2D eigenvalue weighted by Crippen LogP contribution is -2.39. The van der Waals surface area contributed by atoms with E-state index in [1.54, 1.807) is 34.7 Å². The minimum atomic E-state index is -0.467. The van der Waals surface area contributed by atoms with Gasteiger partial charge in [0.2, 0.25) is 11.8 Å². The molecule has 3 amide bonds. The number of rotatable bonds is 16. The van der Waals surface area contributed by atoms with Crippen LogP contribution in [0.5, 0.6) is 0 Å². The molecule has 1 aromatic heterocycles. The van der Waals surface area contributed by atoms with Crippen LogP contribution in [0.3, 0.4) is 0 Å². The number of carbonyl (C=O) groups excluding carboxylic acids is 4. The number of aromatic nitrogens is 1. The van der Waals surface area contributed by atoms with E-state index >= 15 is 0 Å². The van der Waals surface area contributed by atoms with Crippen LogP contribution in [-0.4, -0.2) is 78.0 Å². The highest BCUT2D eigenvalue weighted by Gasteiger charge is 2.29. The van der Waals surface area contributed by atoms with Gasteiger partial charge in [0.25, 0.3) is 0 Å². The molecule has 3 N–H and O–H groups in total. The maximum Gasteiger partial charge on any atom is 0.407 e. The van der Waals surface area contributed by atoms with Gasteiger partial charge in [0, 0.05) is 25.7 Å². The summed E-state index contributed by atoms with van der Waals surface area (Å²) < 4.78 is 10.4. The smallest absolute Gasteiger partial charge is 0.407 e. The monoisotopic (exact) mass is 572 g/mol. The maximum atomic E-state index is 12.3. The average Bonchev–Trinajstić information content (AvgIpc) is 2.90. The zero-order valence-corrected chi connectivity index (χ0v) is 23.5. The Morgan fingerprint density at radius 1 is 1.05 bits per heavy atom. The first-order chi connectivity index (χ1) is 18.0. The number of hydrogen-bond donors (Lipinski definition) is 3. The molecule has 1 fully saturated rings. The van der Waals surface area contributed by atoms with Gasteiger partial charge in [-0.3, -0.25) is 14.4 Å². The van der Waals surface area contributed by atoms with Gasteiger partial charge in [-0.1, -0.05) is 23.3 Å². The minimum absolute atomic E-state index is 0.130. The number of pyridine rings is 1. The highest BCUT2D eigenvalue weighted by molar-refractivity contribution is 8.76. The number of nitrogens with one attached hydrogen (secondary N) is 3. The number of hydrogen-bond acceptors (Lipinski definition) is 10. The van der Waals surface area contributed by atoms with Crippen molar-refractivity contribution in [1.29, 1.82) is 0 Å². The number of alkyl carbamates (subject to hydrolysis) is 1. The number of carbonyl (C=O) groups is 4. The summed E-state index contributed by atoms with van der Waals surface area (Å²) in [5.41, 5.74) is 0. The van der Waals surface area contributed by atoms with Crippen molar-refractivity contribution in [2.24, 2.45) is 0 Å². The fraction of sp³-hybridized carbons (Fsp3) is 0.625. The van der Waals surface area contributed by atoms with E-state index in [0.29, 0.717) is 18.7 Å². The lowest BCUT2D eigenvalue weighted by molar-refractivity contribution is -0.143. The van der Waals surface area contributed by atoms with Gasteiger partial charge in [-0.25, -0.2) is 9.78 Å². The van der Waals surface area contributed by atoms with Gasteiger partial charge in [-0.05, 0) is 61.3 Å². The second-order valence-electron chi connectivity index (χ2n) is 8.13. The van der Waals surface area contributed by atoms with Crippen LogP contribution in [0.2, 0.25) is 0 Å². The first-order valence-corrected chi connectivity index (χ1v) is 15.8. The average molecular weight is 573 g/mol. The van der Waals surface area contributed by atoms with Crippen LogP contribution in [0.1, 0.15) is 45.4 Å². The SMILES string of the molecule is CCOC(=O)CNC(=O)CCCSCC(=O)NCCNC(=O)O[C@H]1CCCC[C@@H]1SSc1ccccn1. The van der Waals surface area contributed by atoms with Crippen LogP contribution >= 0.6 is 33.3 Å². The first kappa shape index (κ1) is 31.1. The Balaban J connectivity index is 1.50. The van der Waals surface area contributed by atoms with E-state index in [2.05, 4.69) is 20.9 Å². The van der Waals surface area contributed by atoms with Crippen molar-refractivity contribution < 1.29 is 28.7 Å². The van der Waals surface area contributed by atoms with Gasteiger partial charge in [0.15, 0.2) is 0 Å². The van der Waals surface area contributed by atoms with E-state index < -0.39 is 12.1 Å². The molecule has 37 heavy (non-hydrogen) atoms. The summed E-state index contributed by atoms with van der Waals surface area (Å²) in [4.78, 5) is 51.4. The molecule has 0 radical (unpaired) electrons. The molecule has 0 bridgehead atoms. The number of amides is 3. The Morgan fingerprint density at radius 2 is 1.86 bits per heavy atom. The van der Waals surface area contributed by atoms with Crippen molar-refractivity contribution >= 4 is 57.2 Å². The predicted octanol–water partition coefficient (Wildman–Crippen LogP) is 3.17. The third-order valence-corrected chi connectivity index (χ3v) is 9.05. The largest absolute Gasteiger partial charge is 0.465 e. The van der Waals surface area contributed by atoms with E-state index in [1.807, 2.05) is 18.2 Å². The van der Waals surface area contributed by atoms with Crippen LogP contribution < -0.4 is 16.0 Å². The third kappa shape index (κ3) is 14.4. The summed E-state index contributed by atoms with van der Waals surface area (Å²) in [6, 6.07) is 5.80. The van der Waals surface area contributed by atoms with Gasteiger partial charge in [0.05, 0.1) is 17.6 Å². The summed E-state index contributed by atoms with van der Waals surface area (Å²) >= 11 is 1.42. The van der Waals surface area contributed by atoms with E-state index in [9.17, 15) is 19.2 Å². The van der Waals surface area contributed by atoms with E-state index in [0.717, 1.165) is 30.7 Å². The molecule has 0 aliphatic heterocycles. The molecule has 1 heterocycles. The second kappa shape index (κ2) is 19.0. The van der Waals surface area contributed by atoms with Crippen LogP contribution in [0.15, 0.2) is 29.4 Å². The molecule has 13 heteroatoms. The molecular weight excluding hydrogens is 536 g/mol. The molecule has 1 aliphatic carbocycles. The van der Waals surface area contributed by atoms with E-state index in [-0.39, 0.29) is 55.0 Å². The zero-order valence-electron chi connectivity index (χ0n) is 21.1. The van der Waals surface area contributed by atoms with Crippen molar-refractivity contribution in [3.8, 4) is 0 Å². The van der Waals surface area contributed by atoms with Crippen molar-refractivity contribution in [2.75, 3.05) is 37.7 Å². The maximum absolute atomic E-state index is 12.3. The van der Waals surface area contributed by atoms with Gasteiger partial charge in [0.1, 0.15) is 17.7 Å². The Bertz CT molecular complexity index is 849. The molecule has 206 valence electrons. The first-order valence-electron chi connectivity index (χ1n) is 12.4. The number of ether oxygens (including phenoxy) is 2. The van der Waals surface area contributed by atoms with E-state index in [4.69, 9.17) is 9.47 Å². The molecule has 0 spiro atoms. The fourth-order valence-corrected chi connectivity index (χ4v) is 6.82. The molecule has 0 aromatic carbocycles. The Hall–Kier alpha value is -2.12. The van der Waals surface area contributed by atoms with Crippen molar-refractivity contribution in [3.05, 3.63) is 24.4 Å². The topological polar surface area (TPSA) is 136 Å². The normalized spacial score (nSPS) is 16.9. The minimum Gasteiger partial charge on any atom is -0.465 e. The second-order valence-corrected chi connectivity index (χ2v) is 11.7. The molecule has 1 aliphatic rings. The number of nitrogens with zero attached hydrogens (tertiary/aromatic N) is 1. The summed E-state index contributed by atoms with van der Waals surface area (Å²) in [6.07, 6.45) is 6.02. The van der Waals surface area contributed by atoms with Crippen molar-refractivity contribution in [1.82, 2.24) is 20.9 Å². The molecule has 1 aromatic rings. The zero-order chi connectivity index (χ0) is 26.7. The number of thioether (sulfide) groups is 1. The summed E-state index contributed by atoms with van der Waals surface area (Å²) in [5.74, 6) is 0.0919. The highest BCUT2D eigenvalue weighted by Crippen LogP contribution is 2.40. The Labute approximate surface area is 230 Å². The summed E-state index contributed by atoms with van der Waals surface area (Å²) in [6.45, 7) is 2.44. The third-order valence-electron chi connectivity index (χ3n) is 5.17. The molecule has 2 atom stereocenters. The van der Waals surface area contributed by atoms with Crippen LogP contribution in [0.25, 0.3) is 0 Å². The van der Waals surface area contributed by atoms with Crippen molar-refractivity contribution in [3.63, 3.8) is 0 Å². The molecule has 0 saturated heterocycles. The van der Waals surface area contributed by atoms with Crippen molar-refractivity contribution in [2.45, 2.75) is 61.8 Å². The van der Waals surface area contributed by atoms with Gasteiger partial charge >= 0.3 is 12.1 Å². The lowest BCUT2D eigenvalue weighted by Gasteiger charge is -2.30. The Morgan fingerprint density at radius 3 is 2.65 bits per heavy atom. The number of esters is 1. The van der Waals surface area contributed by atoms with Gasteiger partial charge < -0.3 is 25.4 Å². The highest BCUT2D eigenvalue weighted by atomic mass is 33.1. The summed E-state index contributed by atoms with van der Waals surface area (Å²) in [7, 11) is 3.31. The molecule has 2 rings (SSSR count). The van der Waals surface area contributed by atoms with Gasteiger partial charge in [-0.2, -0.15) is 11.8 Å². The van der Waals surface area contributed by atoms with Gasteiger partial charge in [-0.15, -0.1) is 0 Å². The van der Waals surface area contributed by atoms with Crippen LogP contribution in [-0.2, 0) is 23.9 Å². The Kier molecular flexibility index (Phi) is 16.0.